The third kappa shape index (κ3) is 3.00. The van der Waals surface area contributed by atoms with Gasteiger partial charge in [0.25, 0.3) is 0 Å². The highest BCUT2D eigenvalue weighted by molar-refractivity contribution is 6.37. The van der Waals surface area contributed by atoms with E-state index in [1.165, 1.54) is 13.2 Å². The van der Waals surface area contributed by atoms with Gasteiger partial charge in [0.05, 0.1) is 23.2 Å². The highest BCUT2D eigenvalue weighted by Crippen LogP contribution is 2.30. The van der Waals surface area contributed by atoms with E-state index in [1.54, 1.807) is 12.1 Å². The molecule has 19 heavy (non-hydrogen) atoms. The van der Waals surface area contributed by atoms with Crippen LogP contribution < -0.4 is 10.2 Å². The standard InChI is InChI=1S/C12H12Cl2N2O3/c1-19-8-5-11(17)16(12(18)15-6-8)10-4-7(13)2-3-9(10)14/h2-4,8H,5-6H2,1H3,(H,15,18). The molecule has 0 spiro atoms. The zero-order valence-corrected chi connectivity index (χ0v) is 11.7. The summed E-state index contributed by atoms with van der Waals surface area (Å²) >= 11 is 11.9. The van der Waals surface area contributed by atoms with Crippen molar-refractivity contribution in [3.05, 3.63) is 28.2 Å². The van der Waals surface area contributed by atoms with Crippen LogP contribution >= 0.6 is 23.2 Å². The number of carbonyl (C=O) groups excluding carboxylic acids is 2. The highest BCUT2D eigenvalue weighted by Gasteiger charge is 2.31. The van der Waals surface area contributed by atoms with Crippen LogP contribution in [0.15, 0.2) is 18.2 Å². The first-order chi connectivity index (χ1) is 9.02. The first-order valence-corrected chi connectivity index (χ1v) is 6.37. The van der Waals surface area contributed by atoms with Crippen molar-refractivity contribution in [1.82, 2.24) is 5.32 Å². The Kier molecular flexibility index (Phi) is 4.29. The van der Waals surface area contributed by atoms with Crippen LogP contribution in [-0.4, -0.2) is 31.7 Å². The van der Waals surface area contributed by atoms with Crippen molar-refractivity contribution < 1.29 is 14.3 Å². The van der Waals surface area contributed by atoms with Gasteiger partial charge in [-0.3, -0.25) is 4.79 Å². The highest BCUT2D eigenvalue weighted by atomic mass is 35.5. The molecule has 102 valence electrons. The number of halogens is 2. The smallest absolute Gasteiger partial charge is 0.328 e. The van der Waals surface area contributed by atoms with Gasteiger partial charge in [-0.1, -0.05) is 23.2 Å². The van der Waals surface area contributed by atoms with Crippen LogP contribution in [0.3, 0.4) is 0 Å². The van der Waals surface area contributed by atoms with E-state index >= 15 is 0 Å². The lowest BCUT2D eigenvalue weighted by Crippen LogP contribution is -2.41. The van der Waals surface area contributed by atoms with Crippen LogP contribution in [0.1, 0.15) is 6.42 Å². The normalized spacial score (nSPS) is 20.2. The number of carbonyl (C=O) groups is 2. The SMILES string of the molecule is COC1CNC(=O)N(c2cc(Cl)ccc2Cl)C(=O)C1. The molecular weight excluding hydrogens is 291 g/mol. The van der Waals surface area contributed by atoms with Gasteiger partial charge in [0.1, 0.15) is 0 Å². The maximum atomic E-state index is 12.1. The maximum absolute atomic E-state index is 12.1. The number of anilines is 1. The van der Waals surface area contributed by atoms with Crippen molar-refractivity contribution in [3.8, 4) is 0 Å². The fraction of sp³-hybridized carbons (Fsp3) is 0.333. The van der Waals surface area contributed by atoms with E-state index in [1.807, 2.05) is 0 Å². The number of ether oxygens (including phenoxy) is 1. The van der Waals surface area contributed by atoms with Gasteiger partial charge in [-0.05, 0) is 18.2 Å². The number of nitrogens with one attached hydrogen (secondary N) is 1. The summed E-state index contributed by atoms with van der Waals surface area (Å²) < 4.78 is 5.11. The lowest BCUT2D eigenvalue weighted by atomic mass is 10.2. The quantitative estimate of drug-likeness (QED) is 0.913. The van der Waals surface area contributed by atoms with Gasteiger partial charge in [-0.15, -0.1) is 0 Å². The lowest BCUT2D eigenvalue weighted by molar-refractivity contribution is -0.119. The maximum Gasteiger partial charge on any atom is 0.328 e. The molecule has 1 heterocycles. The average Bonchev–Trinajstić information content (AvgIpc) is 2.52. The van der Waals surface area contributed by atoms with Gasteiger partial charge in [0.2, 0.25) is 5.91 Å². The number of nitrogens with zero attached hydrogens (tertiary/aromatic N) is 1. The van der Waals surface area contributed by atoms with Crippen LogP contribution in [0.5, 0.6) is 0 Å². The Labute approximate surface area is 120 Å². The monoisotopic (exact) mass is 302 g/mol. The molecule has 1 aliphatic rings. The summed E-state index contributed by atoms with van der Waals surface area (Å²) in [5, 5.41) is 3.29. The number of hydrogen-bond donors (Lipinski definition) is 1. The third-order valence-corrected chi connectivity index (χ3v) is 3.37. The molecule has 0 saturated carbocycles. The third-order valence-electron chi connectivity index (χ3n) is 2.82. The molecule has 0 bridgehead atoms. The Morgan fingerprint density at radius 1 is 1.37 bits per heavy atom. The second-order valence-electron chi connectivity index (χ2n) is 4.07. The van der Waals surface area contributed by atoms with Crippen molar-refractivity contribution in [2.75, 3.05) is 18.6 Å². The molecule has 1 aromatic carbocycles. The van der Waals surface area contributed by atoms with Gasteiger partial charge < -0.3 is 10.1 Å². The van der Waals surface area contributed by atoms with Gasteiger partial charge in [-0.25, -0.2) is 9.69 Å². The Balaban J connectivity index is 2.38. The number of rotatable bonds is 2. The van der Waals surface area contributed by atoms with E-state index < -0.39 is 6.03 Å². The average molecular weight is 303 g/mol. The van der Waals surface area contributed by atoms with Crippen molar-refractivity contribution in [1.29, 1.82) is 0 Å². The Hall–Kier alpha value is -1.30. The predicted molar refractivity (Wildman–Crippen MR) is 72.8 cm³/mol. The molecule has 7 heteroatoms. The molecular formula is C12H12Cl2N2O3. The first-order valence-electron chi connectivity index (χ1n) is 5.61. The summed E-state index contributed by atoms with van der Waals surface area (Å²) in [6.07, 6.45) is -0.252. The summed E-state index contributed by atoms with van der Waals surface area (Å²) in [6, 6.07) is 4.08. The van der Waals surface area contributed by atoms with E-state index in [2.05, 4.69) is 5.32 Å². The molecule has 3 amide bonds. The number of methoxy groups -OCH3 is 1. The zero-order valence-electron chi connectivity index (χ0n) is 10.2. The molecule has 1 atom stereocenters. The lowest BCUT2D eigenvalue weighted by Gasteiger charge is -2.19. The Bertz CT molecular complexity index is 522. The molecule has 2 rings (SSSR count). The second kappa shape index (κ2) is 5.77. The van der Waals surface area contributed by atoms with Crippen molar-refractivity contribution >= 4 is 40.8 Å². The second-order valence-corrected chi connectivity index (χ2v) is 4.92. The molecule has 1 fully saturated rings. The van der Waals surface area contributed by atoms with Gasteiger partial charge in [-0.2, -0.15) is 0 Å². The number of benzene rings is 1. The number of hydrogen-bond acceptors (Lipinski definition) is 3. The van der Waals surface area contributed by atoms with E-state index in [-0.39, 0.29) is 35.7 Å². The predicted octanol–water partition coefficient (Wildman–Crippen LogP) is 2.45. The van der Waals surface area contributed by atoms with Crippen LogP contribution in [0, 0.1) is 0 Å². The number of urea groups is 1. The van der Waals surface area contributed by atoms with E-state index in [0.717, 1.165) is 4.90 Å². The van der Waals surface area contributed by atoms with E-state index in [9.17, 15) is 9.59 Å². The molecule has 1 saturated heterocycles. The number of amides is 3. The van der Waals surface area contributed by atoms with E-state index in [0.29, 0.717) is 5.02 Å². The fourth-order valence-electron chi connectivity index (χ4n) is 1.82. The zero-order chi connectivity index (χ0) is 14.0. The minimum Gasteiger partial charge on any atom is -0.379 e. The van der Waals surface area contributed by atoms with Crippen LogP contribution in [0.2, 0.25) is 10.0 Å². The molecule has 0 radical (unpaired) electrons. The molecule has 1 aromatic rings. The van der Waals surface area contributed by atoms with Gasteiger partial charge >= 0.3 is 6.03 Å². The summed E-state index contributed by atoms with van der Waals surface area (Å²) in [5.74, 6) is -0.383. The molecule has 1 aliphatic heterocycles. The fourth-order valence-corrected chi connectivity index (χ4v) is 2.19. The molecule has 1 unspecified atom stereocenters. The van der Waals surface area contributed by atoms with E-state index in [4.69, 9.17) is 27.9 Å². The van der Waals surface area contributed by atoms with Crippen molar-refractivity contribution in [2.24, 2.45) is 0 Å². The summed E-state index contributed by atoms with van der Waals surface area (Å²) in [5.41, 5.74) is 0.272. The summed E-state index contributed by atoms with van der Waals surface area (Å²) in [6.45, 7) is 0.274. The number of imide groups is 1. The minimum absolute atomic E-state index is 0.0953. The van der Waals surface area contributed by atoms with Gasteiger partial charge in [0, 0.05) is 18.7 Å². The van der Waals surface area contributed by atoms with Crippen LogP contribution in [0.4, 0.5) is 10.5 Å². The molecule has 0 aliphatic carbocycles. The van der Waals surface area contributed by atoms with Crippen molar-refractivity contribution in [2.45, 2.75) is 12.5 Å². The van der Waals surface area contributed by atoms with Gasteiger partial charge in [0.15, 0.2) is 0 Å². The van der Waals surface area contributed by atoms with Crippen LogP contribution in [-0.2, 0) is 9.53 Å². The minimum atomic E-state index is -0.534. The largest absolute Gasteiger partial charge is 0.379 e. The van der Waals surface area contributed by atoms with Crippen molar-refractivity contribution in [3.63, 3.8) is 0 Å². The summed E-state index contributed by atoms with van der Waals surface area (Å²) in [4.78, 5) is 25.1. The molecule has 5 nitrogen and oxygen atoms in total. The molecule has 1 N–H and O–H groups in total. The molecule has 0 aromatic heterocycles. The Morgan fingerprint density at radius 2 is 2.11 bits per heavy atom. The Morgan fingerprint density at radius 3 is 2.79 bits per heavy atom. The first kappa shape index (κ1) is 14.1. The van der Waals surface area contributed by atoms with Crippen LogP contribution in [0.25, 0.3) is 0 Å². The topological polar surface area (TPSA) is 58.6 Å². The summed E-state index contributed by atoms with van der Waals surface area (Å²) in [7, 11) is 1.49.